The highest BCUT2D eigenvalue weighted by molar-refractivity contribution is 5.97. The first-order valence-electron chi connectivity index (χ1n) is 8.42. The Hall–Kier alpha value is -2.69. The Morgan fingerprint density at radius 1 is 1.25 bits per heavy atom. The van der Waals surface area contributed by atoms with Gasteiger partial charge in [0.25, 0.3) is 5.91 Å². The van der Waals surface area contributed by atoms with Crippen LogP contribution in [0.3, 0.4) is 0 Å². The van der Waals surface area contributed by atoms with Crippen LogP contribution in [0.1, 0.15) is 28.9 Å². The van der Waals surface area contributed by atoms with Gasteiger partial charge in [0.2, 0.25) is 0 Å². The molecule has 1 N–H and O–H groups in total. The van der Waals surface area contributed by atoms with Gasteiger partial charge < -0.3 is 9.88 Å². The summed E-state index contributed by atoms with van der Waals surface area (Å²) in [4.78, 5) is 26.5. The summed E-state index contributed by atoms with van der Waals surface area (Å²) in [7, 11) is 0. The molecule has 1 saturated heterocycles. The number of nitrogens with zero attached hydrogens (tertiary/aromatic N) is 3. The van der Waals surface area contributed by atoms with E-state index >= 15 is 0 Å². The molecule has 1 aromatic carbocycles. The molecule has 1 unspecified atom stereocenters. The minimum absolute atomic E-state index is 0.109. The first-order chi connectivity index (χ1) is 11.8. The number of fused-ring (bicyclic) bond motifs is 1. The van der Waals surface area contributed by atoms with Crippen LogP contribution >= 0.6 is 0 Å². The molecule has 1 fully saturated rings. The number of likely N-dealkylation sites (tertiary alicyclic amines) is 1. The monoisotopic (exact) mass is 320 g/mol. The zero-order valence-electron chi connectivity index (χ0n) is 13.5. The van der Waals surface area contributed by atoms with Crippen molar-refractivity contribution in [2.45, 2.75) is 19.3 Å². The lowest BCUT2D eigenvalue weighted by Gasteiger charge is -2.32. The summed E-state index contributed by atoms with van der Waals surface area (Å²) in [5.41, 5.74) is 3.63. The lowest BCUT2D eigenvalue weighted by molar-refractivity contribution is 0.0673. The molecule has 0 bridgehead atoms. The van der Waals surface area contributed by atoms with E-state index in [9.17, 15) is 4.79 Å². The van der Waals surface area contributed by atoms with Crippen molar-refractivity contribution in [3.05, 3.63) is 60.2 Å². The van der Waals surface area contributed by atoms with Crippen LogP contribution in [-0.2, 0) is 6.42 Å². The Kier molecular flexibility index (Phi) is 3.99. The molecule has 4 rings (SSSR count). The standard InChI is InChI=1S/C19H20N4O/c24-19(15-6-7-17-18(11-15)22-13-21-17)23-9-3-4-14(12-23)10-16-5-1-2-8-20-16/h1-2,5-8,11,13-14H,3-4,9-10,12H2,(H,21,22). The van der Waals surface area contributed by atoms with Gasteiger partial charge in [-0.2, -0.15) is 0 Å². The summed E-state index contributed by atoms with van der Waals surface area (Å²) >= 11 is 0. The zero-order chi connectivity index (χ0) is 16.4. The zero-order valence-corrected chi connectivity index (χ0v) is 13.5. The van der Waals surface area contributed by atoms with E-state index in [1.54, 1.807) is 6.33 Å². The van der Waals surface area contributed by atoms with E-state index in [1.807, 2.05) is 41.4 Å². The number of pyridine rings is 1. The molecule has 1 aliphatic heterocycles. The van der Waals surface area contributed by atoms with Gasteiger partial charge in [0.15, 0.2) is 0 Å². The van der Waals surface area contributed by atoms with Crippen molar-refractivity contribution >= 4 is 16.9 Å². The summed E-state index contributed by atoms with van der Waals surface area (Å²) in [6, 6.07) is 11.7. The van der Waals surface area contributed by atoms with E-state index in [2.05, 4.69) is 21.0 Å². The predicted molar refractivity (Wildman–Crippen MR) is 92.7 cm³/mol. The number of carbonyl (C=O) groups excluding carboxylic acids is 1. The molecular formula is C19H20N4O. The minimum Gasteiger partial charge on any atom is -0.345 e. The number of H-pyrrole nitrogens is 1. The SMILES string of the molecule is O=C(c1ccc2nc[nH]c2c1)N1CCCC(Cc2ccccn2)C1. The third-order valence-corrected chi connectivity index (χ3v) is 4.70. The Morgan fingerprint density at radius 3 is 3.08 bits per heavy atom. The van der Waals surface area contributed by atoms with E-state index in [0.29, 0.717) is 5.92 Å². The van der Waals surface area contributed by atoms with Crippen molar-refractivity contribution in [2.75, 3.05) is 13.1 Å². The van der Waals surface area contributed by atoms with Crippen molar-refractivity contribution in [2.24, 2.45) is 5.92 Å². The summed E-state index contributed by atoms with van der Waals surface area (Å²) < 4.78 is 0. The molecule has 24 heavy (non-hydrogen) atoms. The Labute approximate surface area is 140 Å². The summed E-state index contributed by atoms with van der Waals surface area (Å²) in [5, 5.41) is 0. The van der Waals surface area contributed by atoms with Gasteiger partial charge in [0.05, 0.1) is 17.4 Å². The fourth-order valence-corrected chi connectivity index (χ4v) is 3.48. The van der Waals surface area contributed by atoms with Gasteiger partial charge >= 0.3 is 0 Å². The van der Waals surface area contributed by atoms with Crippen LogP contribution in [0.4, 0.5) is 0 Å². The Bertz CT molecular complexity index is 843. The molecule has 5 heteroatoms. The number of piperidine rings is 1. The van der Waals surface area contributed by atoms with Gasteiger partial charge in [-0.1, -0.05) is 6.07 Å². The molecule has 0 radical (unpaired) electrons. The molecular weight excluding hydrogens is 300 g/mol. The number of aromatic nitrogens is 3. The largest absolute Gasteiger partial charge is 0.345 e. The Morgan fingerprint density at radius 2 is 2.21 bits per heavy atom. The quantitative estimate of drug-likeness (QED) is 0.807. The molecule has 0 saturated carbocycles. The van der Waals surface area contributed by atoms with E-state index in [0.717, 1.165) is 54.6 Å². The highest BCUT2D eigenvalue weighted by atomic mass is 16.2. The van der Waals surface area contributed by atoms with E-state index in [-0.39, 0.29) is 5.91 Å². The molecule has 0 aliphatic carbocycles. The predicted octanol–water partition coefficient (Wildman–Crippen LogP) is 3.05. The van der Waals surface area contributed by atoms with Crippen LogP contribution in [0.25, 0.3) is 11.0 Å². The minimum atomic E-state index is 0.109. The van der Waals surface area contributed by atoms with Crippen LogP contribution in [0, 0.1) is 5.92 Å². The number of benzene rings is 1. The highest BCUT2D eigenvalue weighted by Gasteiger charge is 2.25. The third-order valence-electron chi connectivity index (χ3n) is 4.70. The molecule has 0 spiro atoms. The molecule has 5 nitrogen and oxygen atoms in total. The molecule has 2 aromatic heterocycles. The van der Waals surface area contributed by atoms with Crippen molar-refractivity contribution in [1.82, 2.24) is 19.9 Å². The van der Waals surface area contributed by atoms with Gasteiger partial charge in [-0.3, -0.25) is 9.78 Å². The van der Waals surface area contributed by atoms with Crippen LogP contribution in [-0.4, -0.2) is 38.8 Å². The second-order valence-corrected chi connectivity index (χ2v) is 6.42. The highest BCUT2D eigenvalue weighted by Crippen LogP contribution is 2.22. The first kappa shape index (κ1) is 14.9. The number of carbonyl (C=O) groups is 1. The maximum atomic E-state index is 12.8. The molecule has 122 valence electrons. The van der Waals surface area contributed by atoms with Crippen LogP contribution in [0.5, 0.6) is 0 Å². The average molecular weight is 320 g/mol. The van der Waals surface area contributed by atoms with Gasteiger partial charge in [-0.25, -0.2) is 4.98 Å². The number of amides is 1. The second-order valence-electron chi connectivity index (χ2n) is 6.42. The van der Waals surface area contributed by atoms with Gasteiger partial charge in [-0.15, -0.1) is 0 Å². The fraction of sp³-hybridized carbons (Fsp3) is 0.316. The fourth-order valence-electron chi connectivity index (χ4n) is 3.48. The Balaban J connectivity index is 1.47. The van der Waals surface area contributed by atoms with Crippen molar-refractivity contribution in [1.29, 1.82) is 0 Å². The van der Waals surface area contributed by atoms with Gasteiger partial charge in [0, 0.05) is 30.5 Å². The summed E-state index contributed by atoms with van der Waals surface area (Å²) in [6.45, 7) is 1.63. The number of nitrogens with one attached hydrogen (secondary N) is 1. The van der Waals surface area contributed by atoms with Crippen LogP contribution < -0.4 is 0 Å². The van der Waals surface area contributed by atoms with Gasteiger partial charge in [-0.05, 0) is 55.5 Å². The number of hydrogen-bond donors (Lipinski definition) is 1. The smallest absolute Gasteiger partial charge is 0.253 e. The average Bonchev–Trinajstić information content (AvgIpc) is 3.10. The second kappa shape index (κ2) is 6.43. The molecule has 3 heterocycles. The van der Waals surface area contributed by atoms with E-state index in [4.69, 9.17) is 0 Å². The van der Waals surface area contributed by atoms with E-state index < -0.39 is 0 Å². The van der Waals surface area contributed by atoms with Crippen LogP contribution in [0.15, 0.2) is 48.9 Å². The van der Waals surface area contributed by atoms with Crippen molar-refractivity contribution < 1.29 is 4.79 Å². The third kappa shape index (κ3) is 3.02. The molecule has 3 aromatic rings. The van der Waals surface area contributed by atoms with E-state index in [1.165, 1.54) is 0 Å². The topological polar surface area (TPSA) is 61.9 Å². The van der Waals surface area contributed by atoms with Gasteiger partial charge in [0.1, 0.15) is 0 Å². The molecule has 1 atom stereocenters. The normalized spacial score (nSPS) is 18.0. The lowest BCUT2D eigenvalue weighted by Crippen LogP contribution is -2.40. The number of rotatable bonds is 3. The number of hydrogen-bond acceptors (Lipinski definition) is 3. The van der Waals surface area contributed by atoms with Crippen molar-refractivity contribution in [3.63, 3.8) is 0 Å². The summed E-state index contributed by atoms with van der Waals surface area (Å²) in [5.74, 6) is 0.589. The summed E-state index contributed by atoms with van der Waals surface area (Å²) in [6.07, 6.45) is 6.63. The number of aromatic amines is 1. The molecule has 1 amide bonds. The van der Waals surface area contributed by atoms with Crippen LogP contribution in [0.2, 0.25) is 0 Å². The number of imidazole rings is 1. The molecule has 1 aliphatic rings. The van der Waals surface area contributed by atoms with Crippen molar-refractivity contribution in [3.8, 4) is 0 Å². The maximum absolute atomic E-state index is 12.8. The maximum Gasteiger partial charge on any atom is 0.253 e. The first-order valence-corrected chi connectivity index (χ1v) is 8.42. The lowest BCUT2D eigenvalue weighted by atomic mass is 9.92.